The highest BCUT2D eigenvalue weighted by Crippen LogP contribution is 2.29. The number of rotatable bonds is 2. The van der Waals surface area contributed by atoms with Gasteiger partial charge < -0.3 is 10.2 Å². The summed E-state index contributed by atoms with van der Waals surface area (Å²) < 4.78 is 26.6. The van der Waals surface area contributed by atoms with Crippen molar-refractivity contribution in [3.05, 3.63) is 53.6 Å². The summed E-state index contributed by atoms with van der Waals surface area (Å²) in [6.45, 7) is 0. The summed E-state index contributed by atoms with van der Waals surface area (Å²) >= 11 is 0. The number of carbonyl (C=O) groups is 1. The zero-order valence-electron chi connectivity index (χ0n) is 9.02. The molecule has 0 unspecified atom stereocenters. The molecule has 0 aliphatic heterocycles. The standard InChI is InChI=1S/C13H8F2O3/c14-7-1-3-9(11(5-7)13(17)18)10-4-2-8(16)6-12(10)15/h1-6,16H,(H,17,18). The van der Waals surface area contributed by atoms with Gasteiger partial charge in [0.15, 0.2) is 0 Å². The van der Waals surface area contributed by atoms with E-state index in [1.54, 1.807) is 0 Å². The normalized spacial score (nSPS) is 10.3. The minimum absolute atomic E-state index is 0.00907. The summed E-state index contributed by atoms with van der Waals surface area (Å²) in [4.78, 5) is 11.0. The minimum Gasteiger partial charge on any atom is -0.508 e. The number of benzene rings is 2. The molecule has 92 valence electrons. The van der Waals surface area contributed by atoms with Crippen molar-refractivity contribution in [3.63, 3.8) is 0 Å². The number of phenols is 1. The maximum Gasteiger partial charge on any atom is 0.336 e. The molecule has 0 amide bonds. The minimum atomic E-state index is -1.35. The van der Waals surface area contributed by atoms with E-state index in [0.29, 0.717) is 0 Å². The molecular formula is C13H8F2O3. The summed E-state index contributed by atoms with van der Waals surface area (Å²) in [5.41, 5.74) is -0.286. The Balaban J connectivity index is 2.67. The van der Waals surface area contributed by atoms with E-state index in [9.17, 15) is 13.6 Å². The third-order valence-electron chi connectivity index (χ3n) is 2.45. The highest BCUT2D eigenvalue weighted by atomic mass is 19.1. The van der Waals surface area contributed by atoms with Crippen LogP contribution in [0.4, 0.5) is 8.78 Å². The quantitative estimate of drug-likeness (QED) is 0.861. The van der Waals surface area contributed by atoms with Gasteiger partial charge in [-0.05, 0) is 29.8 Å². The van der Waals surface area contributed by atoms with Gasteiger partial charge in [0.1, 0.15) is 17.4 Å². The van der Waals surface area contributed by atoms with Crippen molar-refractivity contribution >= 4 is 5.97 Å². The van der Waals surface area contributed by atoms with Crippen LogP contribution in [0.2, 0.25) is 0 Å². The van der Waals surface area contributed by atoms with E-state index in [1.165, 1.54) is 18.2 Å². The fourth-order valence-electron chi connectivity index (χ4n) is 1.65. The Morgan fingerprint density at radius 2 is 1.67 bits per heavy atom. The maximum absolute atomic E-state index is 13.6. The summed E-state index contributed by atoms with van der Waals surface area (Å²) in [6, 6.07) is 6.40. The van der Waals surface area contributed by atoms with Gasteiger partial charge in [-0.2, -0.15) is 0 Å². The molecule has 0 spiro atoms. The Labute approximate surface area is 101 Å². The van der Waals surface area contributed by atoms with E-state index < -0.39 is 17.6 Å². The molecular weight excluding hydrogens is 242 g/mol. The highest BCUT2D eigenvalue weighted by Gasteiger charge is 2.15. The molecule has 0 aromatic heterocycles. The largest absolute Gasteiger partial charge is 0.508 e. The van der Waals surface area contributed by atoms with Crippen LogP contribution in [0.3, 0.4) is 0 Å². The molecule has 5 heteroatoms. The van der Waals surface area contributed by atoms with Crippen LogP contribution in [0.25, 0.3) is 11.1 Å². The highest BCUT2D eigenvalue weighted by molar-refractivity contribution is 5.96. The molecule has 2 aromatic rings. The maximum atomic E-state index is 13.6. The average molecular weight is 250 g/mol. The van der Waals surface area contributed by atoms with Crippen molar-refractivity contribution in [1.82, 2.24) is 0 Å². The number of hydrogen-bond acceptors (Lipinski definition) is 2. The number of halogens is 2. The third kappa shape index (κ3) is 2.15. The zero-order valence-corrected chi connectivity index (χ0v) is 9.02. The molecule has 2 rings (SSSR count). The van der Waals surface area contributed by atoms with Crippen molar-refractivity contribution in [2.45, 2.75) is 0 Å². The topological polar surface area (TPSA) is 57.5 Å². The van der Waals surface area contributed by atoms with Gasteiger partial charge in [0.2, 0.25) is 0 Å². The lowest BCUT2D eigenvalue weighted by Gasteiger charge is -2.08. The van der Waals surface area contributed by atoms with E-state index in [4.69, 9.17) is 10.2 Å². The van der Waals surface area contributed by atoms with Gasteiger partial charge in [-0.25, -0.2) is 13.6 Å². The Bertz CT molecular complexity index is 624. The molecule has 18 heavy (non-hydrogen) atoms. The fraction of sp³-hybridized carbons (Fsp3) is 0. The third-order valence-corrected chi connectivity index (χ3v) is 2.45. The van der Waals surface area contributed by atoms with Gasteiger partial charge in [0, 0.05) is 11.6 Å². The van der Waals surface area contributed by atoms with Crippen LogP contribution >= 0.6 is 0 Å². The van der Waals surface area contributed by atoms with Crippen molar-refractivity contribution in [3.8, 4) is 16.9 Å². The van der Waals surface area contributed by atoms with Gasteiger partial charge >= 0.3 is 5.97 Å². The van der Waals surface area contributed by atoms with Gasteiger partial charge in [-0.1, -0.05) is 6.07 Å². The first kappa shape index (κ1) is 12.0. The summed E-state index contributed by atoms with van der Waals surface area (Å²) in [6.07, 6.45) is 0. The second-order valence-electron chi connectivity index (χ2n) is 3.66. The molecule has 0 bridgehead atoms. The van der Waals surface area contributed by atoms with E-state index in [2.05, 4.69) is 0 Å². The lowest BCUT2D eigenvalue weighted by Crippen LogP contribution is -2.01. The molecule has 0 heterocycles. The molecule has 0 saturated heterocycles. The summed E-state index contributed by atoms with van der Waals surface area (Å²) in [5.74, 6) is -3.10. The molecule has 0 aliphatic rings. The first-order valence-electron chi connectivity index (χ1n) is 5.01. The first-order chi connectivity index (χ1) is 8.49. The Morgan fingerprint density at radius 3 is 2.28 bits per heavy atom. The van der Waals surface area contributed by atoms with Crippen LogP contribution in [0, 0.1) is 11.6 Å². The molecule has 0 radical (unpaired) electrons. The SMILES string of the molecule is O=C(O)c1cc(F)ccc1-c1ccc(O)cc1F. The zero-order chi connectivity index (χ0) is 13.3. The fourth-order valence-corrected chi connectivity index (χ4v) is 1.65. The molecule has 0 fully saturated rings. The van der Waals surface area contributed by atoms with Gasteiger partial charge in [0.25, 0.3) is 0 Å². The summed E-state index contributed by atoms with van der Waals surface area (Å²) in [7, 11) is 0. The predicted octanol–water partition coefficient (Wildman–Crippen LogP) is 3.04. The first-order valence-corrected chi connectivity index (χ1v) is 5.01. The van der Waals surface area contributed by atoms with Crippen LogP contribution in [0.1, 0.15) is 10.4 Å². The Kier molecular flexibility index (Phi) is 2.97. The number of aromatic carboxylic acids is 1. The van der Waals surface area contributed by atoms with Gasteiger partial charge in [-0.3, -0.25) is 0 Å². The smallest absolute Gasteiger partial charge is 0.336 e. The van der Waals surface area contributed by atoms with Crippen molar-refractivity contribution < 1.29 is 23.8 Å². The molecule has 2 N–H and O–H groups in total. The van der Waals surface area contributed by atoms with E-state index in [1.807, 2.05) is 0 Å². The molecule has 0 aliphatic carbocycles. The Hall–Kier alpha value is -2.43. The average Bonchev–Trinajstić information content (AvgIpc) is 2.29. The van der Waals surface area contributed by atoms with Crippen LogP contribution in [-0.2, 0) is 0 Å². The Morgan fingerprint density at radius 1 is 1.00 bits per heavy atom. The number of carboxylic acid groups (broad SMARTS) is 1. The van der Waals surface area contributed by atoms with Crippen molar-refractivity contribution in [2.75, 3.05) is 0 Å². The van der Waals surface area contributed by atoms with Crippen molar-refractivity contribution in [1.29, 1.82) is 0 Å². The molecule has 2 aromatic carbocycles. The van der Waals surface area contributed by atoms with Crippen LogP contribution < -0.4 is 0 Å². The monoisotopic (exact) mass is 250 g/mol. The molecule has 0 atom stereocenters. The van der Waals surface area contributed by atoms with Gasteiger partial charge in [-0.15, -0.1) is 0 Å². The van der Waals surface area contributed by atoms with Crippen LogP contribution in [0.15, 0.2) is 36.4 Å². The number of carboxylic acids is 1. The van der Waals surface area contributed by atoms with E-state index in [-0.39, 0.29) is 22.4 Å². The van der Waals surface area contributed by atoms with Crippen LogP contribution in [0.5, 0.6) is 5.75 Å². The molecule has 3 nitrogen and oxygen atoms in total. The summed E-state index contributed by atoms with van der Waals surface area (Å²) in [5, 5.41) is 18.0. The number of hydrogen-bond donors (Lipinski definition) is 2. The second-order valence-corrected chi connectivity index (χ2v) is 3.66. The van der Waals surface area contributed by atoms with E-state index in [0.717, 1.165) is 18.2 Å². The van der Waals surface area contributed by atoms with Gasteiger partial charge in [0.05, 0.1) is 5.56 Å². The second kappa shape index (κ2) is 4.44. The number of phenolic OH excluding ortho intramolecular Hbond substituents is 1. The predicted molar refractivity (Wildman–Crippen MR) is 60.4 cm³/mol. The van der Waals surface area contributed by atoms with Crippen LogP contribution in [-0.4, -0.2) is 16.2 Å². The number of aromatic hydroxyl groups is 1. The molecule has 0 saturated carbocycles. The van der Waals surface area contributed by atoms with E-state index >= 15 is 0 Å². The lowest BCUT2D eigenvalue weighted by atomic mass is 9.99. The van der Waals surface area contributed by atoms with Crippen molar-refractivity contribution in [2.24, 2.45) is 0 Å². The lowest BCUT2D eigenvalue weighted by molar-refractivity contribution is 0.0697.